The van der Waals surface area contributed by atoms with Crippen molar-refractivity contribution in [2.75, 3.05) is 0 Å². The first-order chi connectivity index (χ1) is 15.0. The van der Waals surface area contributed by atoms with Crippen molar-refractivity contribution < 1.29 is 9.59 Å². The van der Waals surface area contributed by atoms with Gasteiger partial charge < -0.3 is 0 Å². The van der Waals surface area contributed by atoms with Crippen LogP contribution in [-0.2, 0) is 10.8 Å². The van der Waals surface area contributed by atoms with Crippen molar-refractivity contribution in [2.24, 2.45) is 5.92 Å². The third-order valence-corrected chi connectivity index (χ3v) is 6.56. The lowest BCUT2D eigenvalue weighted by molar-refractivity contribution is 0.0824. The zero-order valence-electron chi connectivity index (χ0n) is 19.9. The van der Waals surface area contributed by atoms with Gasteiger partial charge in [0.05, 0.1) is 5.92 Å². The number of hydrogen-bond acceptors (Lipinski definition) is 2. The van der Waals surface area contributed by atoms with E-state index in [0.29, 0.717) is 11.1 Å². The molecule has 4 rings (SSSR count). The molecule has 0 N–H and O–H groups in total. The number of rotatable bonds is 3. The van der Waals surface area contributed by atoms with Crippen molar-refractivity contribution in [3.05, 3.63) is 106 Å². The second-order valence-corrected chi connectivity index (χ2v) is 10.9. The van der Waals surface area contributed by atoms with Gasteiger partial charge in [-0.05, 0) is 33.1 Å². The molecule has 0 saturated heterocycles. The monoisotopic (exact) mass is 424 g/mol. The Morgan fingerprint density at radius 2 is 0.906 bits per heavy atom. The lowest BCUT2D eigenvalue weighted by Crippen LogP contribution is -2.29. The molecule has 0 fully saturated rings. The smallest absolute Gasteiger partial charge is 0.175 e. The van der Waals surface area contributed by atoms with Crippen LogP contribution in [0.1, 0.15) is 90.4 Å². The van der Waals surface area contributed by atoms with E-state index >= 15 is 0 Å². The Kier molecular flexibility index (Phi) is 5.45. The van der Waals surface area contributed by atoms with Gasteiger partial charge in [0, 0.05) is 17.0 Å². The predicted molar refractivity (Wildman–Crippen MR) is 131 cm³/mol. The van der Waals surface area contributed by atoms with Crippen molar-refractivity contribution in [2.45, 2.75) is 58.3 Å². The molecule has 0 atom stereocenters. The van der Waals surface area contributed by atoms with E-state index in [9.17, 15) is 9.59 Å². The summed E-state index contributed by atoms with van der Waals surface area (Å²) in [4.78, 5) is 27.4. The van der Waals surface area contributed by atoms with Gasteiger partial charge in [0.1, 0.15) is 0 Å². The summed E-state index contributed by atoms with van der Waals surface area (Å²) in [5, 5.41) is 0. The molecule has 0 saturated carbocycles. The molecule has 0 amide bonds. The largest absolute Gasteiger partial charge is 0.293 e. The standard InChI is InChI=1S/C30H32O2/c1-29(2,3)23-17-11-9-15-21(23)25(22-16-10-12-18-24(22)30(4,5)6)26-27(31)19-13-7-8-14-20(19)28(26)32/h7-18,25-26H,1-6H3. The lowest BCUT2D eigenvalue weighted by Gasteiger charge is -2.33. The minimum Gasteiger partial charge on any atom is -0.293 e. The van der Waals surface area contributed by atoms with Crippen LogP contribution in [0.4, 0.5) is 0 Å². The molecule has 0 unspecified atom stereocenters. The molecule has 1 aliphatic carbocycles. The molecule has 32 heavy (non-hydrogen) atoms. The van der Waals surface area contributed by atoms with E-state index in [1.54, 1.807) is 12.1 Å². The van der Waals surface area contributed by atoms with E-state index in [-0.39, 0.29) is 28.3 Å². The molecule has 0 spiro atoms. The summed E-state index contributed by atoms with van der Waals surface area (Å²) in [5.41, 5.74) is 5.33. The maximum absolute atomic E-state index is 13.7. The van der Waals surface area contributed by atoms with Gasteiger partial charge in [-0.3, -0.25) is 9.59 Å². The number of fused-ring (bicyclic) bond motifs is 1. The van der Waals surface area contributed by atoms with Crippen LogP contribution in [0.25, 0.3) is 0 Å². The molecule has 0 radical (unpaired) electrons. The van der Waals surface area contributed by atoms with Crippen LogP contribution in [0.2, 0.25) is 0 Å². The van der Waals surface area contributed by atoms with Crippen molar-refractivity contribution in [1.29, 1.82) is 0 Å². The van der Waals surface area contributed by atoms with Crippen LogP contribution in [-0.4, -0.2) is 11.6 Å². The van der Waals surface area contributed by atoms with Crippen LogP contribution in [0.3, 0.4) is 0 Å². The fraction of sp³-hybridized carbons (Fsp3) is 0.333. The number of carbonyl (C=O) groups is 2. The van der Waals surface area contributed by atoms with Gasteiger partial charge in [-0.15, -0.1) is 0 Å². The lowest BCUT2D eigenvalue weighted by atomic mass is 9.69. The summed E-state index contributed by atoms with van der Waals surface area (Å²) in [5.74, 6) is -1.22. The highest BCUT2D eigenvalue weighted by Gasteiger charge is 2.46. The Hall–Kier alpha value is -3.00. The molecule has 164 valence electrons. The SMILES string of the molecule is CC(C)(C)c1ccccc1C(c1ccccc1C(C)(C)C)C1C(=O)c2ccccc2C1=O. The number of benzene rings is 3. The summed E-state index contributed by atoms with van der Waals surface area (Å²) in [6.45, 7) is 13.1. The number of Topliss-reactive ketones (excluding diaryl/α,β-unsaturated/α-hetero) is 2. The summed E-state index contributed by atoms with van der Waals surface area (Å²) >= 11 is 0. The second kappa shape index (κ2) is 7.85. The first-order valence-electron chi connectivity index (χ1n) is 11.4. The van der Waals surface area contributed by atoms with E-state index in [1.807, 2.05) is 36.4 Å². The Morgan fingerprint density at radius 1 is 0.562 bits per heavy atom. The zero-order valence-corrected chi connectivity index (χ0v) is 19.9. The third-order valence-electron chi connectivity index (χ3n) is 6.56. The second-order valence-electron chi connectivity index (χ2n) is 10.9. The van der Waals surface area contributed by atoms with E-state index in [1.165, 1.54) is 11.1 Å². The Morgan fingerprint density at radius 3 is 1.28 bits per heavy atom. The number of ketones is 2. The summed E-state index contributed by atoms with van der Waals surface area (Å²) < 4.78 is 0. The molecule has 1 aliphatic rings. The summed E-state index contributed by atoms with van der Waals surface area (Å²) in [6, 6.07) is 23.9. The average Bonchev–Trinajstić information content (AvgIpc) is 2.99. The topological polar surface area (TPSA) is 34.1 Å². The Labute approximate surface area is 191 Å². The highest BCUT2D eigenvalue weighted by molar-refractivity contribution is 6.27. The summed E-state index contributed by atoms with van der Waals surface area (Å²) in [7, 11) is 0. The maximum atomic E-state index is 13.7. The fourth-order valence-electron chi connectivity index (χ4n) is 5.10. The zero-order chi connectivity index (χ0) is 23.3. The fourth-order valence-corrected chi connectivity index (χ4v) is 5.10. The molecular formula is C30H32O2. The van der Waals surface area contributed by atoms with Gasteiger partial charge in [0.15, 0.2) is 11.6 Å². The molecule has 0 bridgehead atoms. The van der Waals surface area contributed by atoms with Crippen LogP contribution in [0.5, 0.6) is 0 Å². The normalized spacial score (nSPS) is 14.8. The van der Waals surface area contributed by atoms with Crippen molar-refractivity contribution in [1.82, 2.24) is 0 Å². The van der Waals surface area contributed by atoms with Crippen molar-refractivity contribution in [3.8, 4) is 0 Å². The van der Waals surface area contributed by atoms with E-state index in [4.69, 9.17) is 0 Å². The van der Waals surface area contributed by atoms with E-state index in [0.717, 1.165) is 11.1 Å². The van der Waals surface area contributed by atoms with E-state index in [2.05, 4.69) is 65.8 Å². The highest BCUT2D eigenvalue weighted by atomic mass is 16.2. The first-order valence-corrected chi connectivity index (χ1v) is 11.4. The van der Waals surface area contributed by atoms with Gasteiger partial charge >= 0.3 is 0 Å². The Bertz CT molecular complexity index is 1100. The molecule has 3 aromatic rings. The first kappa shape index (κ1) is 22.2. The summed E-state index contributed by atoms with van der Waals surface area (Å²) in [6.07, 6.45) is 0. The number of hydrogen-bond donors (Lipinski definition) is 0. The molecule has 3 aromatic carbocycles. The molecule has 2 heteroatoms. The van der Waals surface area contributed by atoms with Crippen LogP contribution >= 0.6 is 0 Å². The highest BCUT2D eigenvalue weighted by Crippen LogP contribution is 2.46. The average molecular weight is 425 g/mol. The van der Waals surface area contributed by atoms with E-state index < -0.39 is 5.92 Å². The minimum atomic E-state index is -0.751. The predicted octanol–water partition coefficient (Wildman–Crippen LogP) is 7.11. The molecular weight excluding hydrogens is 392 g/mol. The van der Waals surface area contributed by atoms with Gasteiger partial charge in [-0.2, -0.15) is 0 Å². The molecule has 0 aliphatic heterocycles. The third kappa shape index (κ3) is 3.72. The molecule has 2 nitrogen and oxygen atoms in total. The van der Waals surface area contributed by atoms with Gasteiger partial charge in [-0.25, -0.2) is 0 Å². The van der Waals surface area contributed by atoms with Crippen molar-refractivity contribution >= 4 is 11.6 Å². The van der Waals surface area contributed by atoms with Gasteiger partial charge in [0.2, 0.25) is 0 Å². The molecule has 0 heterocycles. The van der Waals surface area contributed by atoms with Gasteiger partial charge in [0.25, 0.3) is 0 Å². The Balaban J connectivity index is 2.02. The van der Waals surface area contributed by atoms with Gasteiger partial charge in [-0.1, -0.05) is 114 Å². The van der Waals surface area contributed by atoms with Crippen molar-refractivity contribution in [3.63, 3.8) is 0 Å². The van der Waals surface area contributed by atoms with Crippen LogP contribution in [0, 0.1) is 5.92 Å². The minimum absolute atomic E-state index is 0.0666. The maximum Gasteiger partial charge on any atom is 0.175 e. The van der Waals surface area contributed by atoms with Crippen LogP contribution in [0.15, 0.2) is 72.8 Å². The number of carbonyl (C=O) groups excluding carboxylic acids is 2. The quantitative estimate of drug-likeness (QED) is 0.420. The molecule has 0 aromatic heterocycles. The van der Waals surface area contributed by atoms with Crippen LogP contribution < -0.4 is 0 Å².